The molecule has 0 saturated heterocycles. The second-order valence-electron chi connectivity index (χ2n) is 12.6. The molecule has 6 N–H and O–H groups in total. The normalized spacial score (nSPS) is 14.0. The van der Waals surface area contributed by atoms with E-state index in [9.17, 15) is 34.5 Å². The summed E-state index contributed by atoms with van der Waals surface area (Å²) in [6.07, 6.45) is -2.79. The van der Waals surface area contributed by atoms with Crippen LogP contribution in [-0.2, 0) is 20.9 Å². The third-order valence-electron chi connectivity index (χ3n) is 8.24. The van der Waals surface area contributed by atoms with E-state index in [0.29, 0.717) is 22.8 Å². The predicted octanol–water partition coefficient (Wildman–Crippen LogP) is 4.46. The van der Waals surface area contributed by atoms with Crippen molar-refractivity contribution in [1.82, 2.24) is 16.0 Å². The van der Waals surface area contributed by atoms with Crippen LogP contribution in [0.5, 0.6) is 0 Å². The molecule has 0 aliphatic heterocycles. The van der Waals surface area contributed by atoms with E-state index in [-0.39, 0.29) is 30.4 Å². The van der Waals surface area contributed by atoms with Gasteiger partial charge < -0.3 is 31.3 Å². The Morgan fingerprint density at radius 1 is 0.723 bits per heavy atom. The number of carboxylic acid groups (broad SMARTS) is 1. The van der Waals surface area contributed by atoms with Crippen LogP contribution in [0.2, 0.25) is 0 Å². The number of aliphatic hydroxyl groups is 2. The molecule has 4 rings (SSSR count). The molecule has 0 saturated carbocycles. The van der Waals surface area contributed by atoms with Gasteiger partial charge in [0.05, 0.1) is 24.1 Å². The van der Waals surface area contributed by atoms with Crippen molar-refractivity contribution < 1.29 is 34.5 Å². The van der Waals surface area contributed by atoms with Crippen LogP contribution in [0.1, 0.15) is 68.1 Å². The number of carbonyl (C=O) groups excluding carboxylic acids is 3. The number of amides is 3. The van der Waals surface area contributed by atoms with Gasteiger partial charge in [0.15, 0.2) is 6.10 Å². The van der Waals surface area contributed by atoms with Crippen LogP contribution in [0, 0.1) is 11.8 Å². The van der Waals surface area contributed by atoms with Gasteiger partial charge in [0.1, 0.15) is 6.04 Å². The van der Waals surface area contributed by atoms with Crippen LogP contribution in [0.25, 0.3) is 21.5 Å². The first-order chi connectivity index (χ1) is 22.4. The Balaban J connectivity index is 1.40. The van der Waals surface area contributed by atoms with Crippen LogP contribution in [0.15, 0.2) is 78.9 Å². The fourth-order valence-electron chi connectivity index (χ4n) is 5.81. The average Bonchev–Trinajstić information content (AvgIpc) is 3.04. The largest absolute Gasteiger partial charge is 0.478 e. The number of hydrogen-bond donors (Lipinski definition) is 6. The van der Waals surface area contributed by atoms with Gasteiger partial charge in [0.2, 0.25) is 11.8 Å². The zero-order valence-electron chi connectivity index (χ0n) is 27.1. The van der Waals surface area contributed by atoms with Gasteiger partial charge in [0, 0.05) is 6.54 Å². The number of nitrogens with one attached hydrogen (secondary N) is 3. The molecule has 0 radical (unpaired) electrons. The molecule has 10 heteroatoms. The summed E-state index contributed by atoms with van der Waals surface area (Å²) in [5.41, 5.74) is 1.32. The average molecular weight is 642 g/mol. The molecule has 4 aromatic rings. The third kappa shape index (κ3) is 8.72. The molecule has 0 bridgehead atoms. The maximum atomic E-state index is 13.3. The number of aromatic carboxylic acids is 1. The summed E-state index contributed by atoms with van der Waals surface area (Å²) in [5.74, 6) is -2.96. The van der Waals surface area contributed by atoms with Gasteiger partial charge in [-0.25, -0.2) is 4.79 Å². The SMILES string of the molecule is CC(C)C[C@H](NC(=O)C(O)c1cccc2ccccc12)[C@@H](O)CC(=O)N[C@H](C(=O)NCc1ccc(C(=O)O)c2ccccc12)C(C)C. The van der Waals surface area contributed by atoms with E-state index in [4.69, 9.17) is 0 Å². The number of benzene rings is 4. The first-order valence-corrected chi connectivity index (χ1v) is 15.8. The van der Waals surface area contributed by atoms with E-state index >= 15 is 0 Å². The molecule has 0 heterocycles. The molecule has 0 fully saturated rings. The van der Waals surface area contributed by atoms with Gasteiger partial charge in [-0.2, -0.15) is 0 Å². The van der Waals surface area contributed by atoms with Gasteiger partial charge in [-0.05, 0) is 57.0 Å². The Hall–Kier alpha value is -4.80. The lowest BCUT2D eigenvalue weighted by Gasteiger charge is -2.28. The van der Waals surface area contributed by atoms with Crippen LogP contribution in [0.4, 0.5) is 0 Å². The lowest BCUT2D eigenvalue weighted by Crippen LogP contribution is -2.52. The minimum atomic E-state index is -1.48. The van der Waals surface area contributed by atoms with Crippen LogP contribution >= 0.6 is 0 Å². The van der Waals surface area contributed by atoms with Crippen LogP contribution < -0.4 is 16.0 Å². The molecule has 10 nitrogen and oxygen atoms in total. The van der Waals surface area contributed by atoms with E-state index in [0.717, 1.165) is 16.3 Å². The first kappa shape index (κ1) is 35.1. The Bertz CT molecular complexity index is 1750. The van der Waals surface area contributed by atoms with Gasteiger partial charge in [0.25, 0.3) is 5.91 Å². The molecule has 1 unspecified atom stereocenters. The van der Waals surface area contributed by atoms with Gasteiger partial charge in [-0.1, -0.05) is 100 Å². The zero-order valence-corrected chi connectivity index (χ0v) is 27.1. The standard InChI is InChI=1S/C37H43N3O7/c1-21(2)18-30(39-36(45)34(43)28-15-9-11-23-10-5-6-12-25(23)28)31(41)19-32(42)40-33(22(3)4)35(44)38-20-24-16-17-29(37(46)47)27-14-8-7-13-26(24)27/h5-17,21-22,30-31,33-34,41,43H,18-20H2,1-4H3,(H,38,44)(H,39,45)(H,40,42)(H,46,47)/t30-,31-,33-,34?/m0/s1. The molecular formula is C37H43N3O7. The molecular weight excluding hydrogens is 598 g/mol. The lowest BCUT2D eigenvalue weighted by atomic mass is 9.95. The summed E-state index contributed by atoms with van der Waals surface area (Å²) < 4.78 is 0. The van der Waals surface area contributed by atoms with Crippen molar-refractivity contribution in [3.05, 3.63) is 95.6 Å². The number of aliphatic hydroxyl groups excluding tert-OH is 2. The highest BCUT2D eigenvalue weighted by Crippen LogP contribution is 2.26. The summed E-state index contributed by atoms with van der Waals surface area (Å²) >= 11 is 0. The maximum Gasteiger partial charge on any atom is 0.336 e. The highest BCUT2D eigenvalue weighted by Gasteiger charge is 2.30. The van der Waals surface area contributed by atoms with E-state index in [1.165, 1.54) is 6.07 Å². The number of carbonyl (C=O) groups is 4. The van der Waals surface area contributed by atoms with Gasteiger partial charge in [-0.15, -0.1) is 0 Å². The van der Waals surface area contributed by atoms with Crippen LogP contribution in [-0.4, -0.2) is 57.2 Å². The second kappa shape index (κ2) is 15.7. The summed E-state index contributed by atoms with van der Waals surface area (Å²) in [7, 11) is 0. The van der Waals surface area contributed by atoms with Crippen molar-refractivity contribution in [2.45, 2.75) is 71.4 Å². The highest BCUT2D eigenvalue weighted by molar-refractivity contribution is 6.04. The van der Waals surface area contributed by atoms with E-state index in [1.807, 2.05) is 44.2 Å². The van der Waals surface area contributed by atoms with E-state index in [2.05, 4.69) is 16.0 Å². The molecule has 47 heavy (non-hydrogen) atoms. The summed E-state index contributed by atoms with van der Waals surface area (Å²) in [5, 5.41) is 42.8. The number of carboxylic acids is 1. The third-order valence-corrected chi connectivity index (χ3v) is 8.24. The Labute approximate surface area is 274 Å². The predicted molar refractivity (Wildman–Crippen MR) is 180 cm³/mol. The summed E-state index contributed by atoms with van der Waals surface area (Å²) in [6, 6.07) is 21.2. The van der Waals surface area contributed by atoms with Crippen LogP contribution in [0.3, 0.4) is 0 Å². The fraction of sp³-hybridized carbons (Fsp3) is 0.351. The molecule has 4 aromatic carbocycles. The topological polar surface area (TPSA) is 165 Å². The Morgan fingerprint density at radius 3 is 2.02 bits per heavy atom. The molecule has 248 valence electrons. The van der Waals surface area contributed by atoms with Crippen molar-refractivity contribution in [3.63, 3.8) is 0 Å². The smallest absolute Gasteiger partial charge is 0.336 e. The van der Waals surface area contributed by atoms with E-state index < -0.39 is 48.0 Å². The minimum absolute atomic E-state index is 0.0579. The van der Waals surface area contributed by atoms with E-state index in [1.54, 1.807) is 56.3 Å². The number of fused-ring (bicyclic) bond motifs is 2. The monoisotopic (exact) mass is 641 g/mol. The van der Waals surface area contributed by atoms with Crippen molar-refractivity contribution >= 4 is 45.2 Å². The van der Waals surface area contributed by atoms with Gasteiger partial charge in [-0.3, -0.25) is 14.4 Å². The van der Waals surface area contributed by atoms with Crippen molar-refractivity contribution in [2.24, 2.45) is 11.8 Å². The zero-order chi connectivity index (χ0) is 34.2. The molecule has 3 amide bonds. The second-order valence-corrected chi connectivity index (χ2v) is 12.6. The fourth-order valence-corrected chi connectivity index (χ4v) is 5.81. The Morgan fingerprint density at radius 2 is 1.36 bits per heavy atom. The number of hydrogen-bond acceptors (Lipinski definition) is 6. The molecule has 0 aliphatic carbocycles. The molecule has 0 spiro atoms. The summed E-state index contributed by atoms with van der Waals surface area (Å²) in [4.78, 5) is 51.2. The highest BCUT2D eigenvalue weighted by atomic mass is 16.4. The van der Waals surface area contributed by atoms with Crippen molar-refractivity contribution in [3.8, 4) is 0 Å². The maximum absolute atomic E-state index is 13.3. The van der Waals surface area contributed by atoms with Crippen molar-refractivity contribution in [1.29, 1.82) is 0 Å². The molecule has 4 atom stereocenters. The van der Waals surface area contributed by atoms with Gasteiger partial charge >= 0.3 is 5.97 Å². The Kier molecular flexibility index (Phi) is 11.7. The lowest BCUT2D eigenvalue weighted by molar-refractivity contribution is -0.133. The molecule has 0 aliphatic rings. The number of rotatable bonds is 14. The quantitative estimate of drug-likeness (QED) is 0.118. The van der Waals surface area contributed by atoms with Crippen molar-refractivity contribution in [2.75, 3.05) is 0 Å². The molecule has 0 aromatic heterocycles. The first-order valence-electron chi connectivity index (χ1n) is 15.8. The minimum Gasteiger partial charge on any atom is -0.478 e. The summed E-state index contributed by atoms with van der Waals surface area (Å²) in [6.45, 7) is 7.53.